The first-order valence-corrected chi connectivity index (χ1v) is 3.46. The number of carbonyl (C=O) groups is 1. The lowest BCUT2D eigenvalue weighted by Gasteiger charge is -1.91. The maximum atomic E-state index is 8.58. The number of rotatable bonds is 0. The first-order valence-electron chi connectivity index (χ1n) is 3.46. The van der Waals surface area contributed by atoms with Crippen LogP contribution >= 0.6 is 0 Å². The molecule has 0 aromatic rings. The minimum atomic E-state index is 0.250. The summed E-state index contributed by atoms with van der Waals surface area (Å²) in [5, 5.41) is 0. The van der Waals surface area contributed by atoms with Crippen LogP contribution in [0.25, 0.3) is 0 Å². The van der Waals surface area contributed by atoms with E-state index in [9.17, 15) is 0 Å². The molecule has 1 fully saturated rings. The Kier molecular flexibility index (Phi) is 5.27. The van der Waals surface area contributed by atoms with Crippen molar-refractivity contribution in [1.82, 2.24) is 0 Å². The zero-order valence-electron chi connectivity index (χ0n) is 5.97. The van der Waals surface area contributed by atoms with Crippen molar-refractivity contribution < 1.29 is 4.79 Å². The number of carbonyl (C=O) groups excluding carboxylic acids is 1. The van der Waals surface area contributed by atoms with Gasteiger partial charge in [0.15, 0.2) is 0 Å². The summed E-state index contributed by atoms with van der Waals surface area (Å²) in [6.45, 7) is 2.34. The summed E-state index contributed by atoms with van der Waals surface area (Å²) in [6, 6.07) is 0. The normalized spacial score (nSPS) is 18.3. The summed E-state index contributed by atoms with van der Waals surface area (Å²) in [4.78, 5) is 8.58. The molecular formula is C7H15NO. The van der Waals surface area contributed by atoms with Crippen LogP contribution in [0.15, 0.2) is 0 Å². The summed E-state index contributed by atoms with van der Waals surface area (Å²) in [5.74, 6) is 1.05. The molecule has 2 N–H and O–H groups in total. The van der Waals surface area contributed by atoms with Gasteiger partial charge in [-0.1, -0.05) is 32.6 Å². The molecule has 0 spiro atoms. The van der Waals surface area contributed by atoms with E-state index in [1.54, 1.807) is 0 Å². The van der Waals surface area contributed by atoms with Gasteiger partial charge in [0.1, 0.15) is 0 Å². The Labute approximate surface area is 56.4 Å². The molecule has 1 rings (SSSR count). The van der Waals surface area contributed by atoms with Crippen LogP contribution < -0.4 is 5.73 Å². The fourth-order valence-corrected chi connectivity index (χ4v) is 1.13. The van der Waals surface area contributed by atoms with Crippen molar-refractivity contribution in [3.8, 4) is 0 Å². The number of amides is 1. The molecule has 0 saturated heterocycles. The zero-order valence-corrected chi connectivity index (χ0v) is 5.97. The predicted molar refractivity (Wildman–Crippen MR) is 37.9 cm³/mol. The molecule has 2 nitrogen and oxygen atoms in total. The fraction of sp³-hybridized carbons (Fsp3) is 0.857. The largest absolute Gasteiger partial charge is 0.372 e. The quantitative estimate of drug-likeness (QED) is 0.492. The summed E-state index contributed by atoms with van der Waals surface area (Å²) in [7, 11) is 0. The number of hydrogen-bond acceptors (Lipinski definition) is 1. The molecule has 0 bridgehead atoms. The molecule has 0 unspecified atom stereocenters. The van der Waals surface area contributed by atoms with Crippen LogP contribution in [0.5, 0.6) is 0 Å². The Balaban J connectivity index is 0.000000187. The maximum Gasteiger partial charge on any atom is 0.204 e. The lowest BCUT2D eigenvalue weighted by Crippen LogP contribution is -1.82. The van der Waals surface area contributed by atoms with Crippen molar-refractivity contribution in [3.05, 3.63) is 0 Å². The summed E-state index contributed by atoms with van der Waals surface area (Å²) >= 11 is 0. The molecule has 1 aliphatic carbocycles. The summed E-state index contributed by atoms with van der Waals surface area (Å²) in [6.07, 6.45) is 6.20. The standard InChI is InChI=1S/C6H12.CH3NO/c1-6-4-2-3-5-6;2-1-3/h6H,2-5H2,1H3;1H,(H2,2,3). The Morgan fingerprint density at radius 2 is 1.78 bits per heavy atom. The van der Waals surface area contributed by atoms with E-state index in [2.05, 4.69) is 12.7 Å². The second-order valence-corrected chi connectivity index (χ2v) is 2.53. The molecule has 0 radical (unpaired) electrons. The smallest absolute Gasteiger partial charge is 0.204 e. The predicted octanol–water partition coefficient (Wildman–Crippen LogP) is 1.30. The molecule has 1 saturated carbocycles. The van der Waals surface area contributed by atoms with Crippen molar-refractivity contribution in [2.24, 2.45) is 11.7 Å². The molecule has 0 aromatic carbocycles. The van der Waals surface area contributed by atoms with E-state index in [0.717, 1.165) is 5.92 Å². The van der Waals surface area contributed by atoms with Gasteiger partial charge in [0, 0.05) is 0 Å². The first kappa shape index (κ1) is 8.47. The van der Waals surface area contributed by atoms with Crippen LogP contribution in [0, 0.1) is 5.92 Å². The highest BCUT2D eigenvalue weighted by molar-refractivity contribution is 5.42. The first-order chi connectivity index (χ1) is 4.31. The molecule has 1 aliphatic rings. The van der Waals surface area contributed by atoms with Gasteiger partial charge in [-0.15, -0.1) is 0 Å². The third-order valence-electron chi connectivity index (χ3n) is 1.64. The Hall–Kier alpha value is -0.530. The molecule has 1 amide bonds. The highest BCUT2D eigenvalue weighted by Gasteiger charge is 2.07. The van der Waals surface area contributed by atoms with E-state index >= 15 is 0 Å². The SMILES string of the molecule is CC1CCCC1.NC=O. The van der Waals surface area contributed by atoms with Gasteiger partial charge in [0.25, 0.3) is 0 Å². The maximum absolute atomic E-state index is 8.58. The molecule has 0 aromatic heterocycles. The number of nitrogens with two attached hydrogens (primary N) is 1. The van der Waals surface area contributed by atoms with Crippen molar-refractivity contribution in [3.63, 3.8) is 0 Å². The summed E-state index contributed by atoms with van der Waals surface area (Å²) < 4.78 is 0. The average Bonchev–Trinajstić information content (AvgIpc) is 2.20. The summed E-state index contributed by atoms with van der Waals surface area (Å²) in [5.41, 5.74) is 4.17. The van der Waals surface area contributed by atoms with Gasteiger partial charge in [-0.3, -0.25) is 4.79 Å². The van der Waals surface area contributed by atoms with E-state index in [1.165, 1.54) is 25.7 Å². The van der Waals surface area contributed by atoms with E-state index in [4.69, 9.17) is 4.79 Å². The van der Waals surface area contributed by atoms with Crippen LogP contribution in [0.2, 0.25) is 0 Å². The van der Waals surface area contributed by atoms with Crippen LogP contribution in [0.3, 0.4) is 0 Å². The zero-order chi connectivity index (χ0) is 7.11. The Morgan fingerprint density at radius 1 is 1.44 bits per heavy atom. The lowest BCUT2D eigenvalue weighted by molar-refractivity contribution is -0.106. The molecule has 0 heterocycles. The van der Waals surface area contributed by atoms with E-state index in [-0.39, 0.29) is 6.41 Å². The van der Waals surface area contributed by atoms with Gasteiger partial charge < -0.3 is 5.73 Å². The minimum absolute atomic E-state index is 0.250. The fourth-order valence-electron chi connectivity index (χ4n) is 1.13. The third-order valence-corrected chi connectivity index (χ3v) is 1.64. The van der Waals surface area contributed by atoms with Gasteiger partial charge in [0.2, 0.25) is 6.41 Å². The topological polar surface area (TPSA) is 43.1 Å². The third kappa shape index (κ3) is 5.34. The van der Waals surface area contributed by atoms with Crippen LogP contribution in [-0.2, 0) is 4.79 Å². The van der Waals surface area contributed by atoms with Crippen molar-refractivity contribution in [2.75, 3.05) is 0 Å². The minimum Gasteiger partial charge on any atom is -0.372 e. The van der Waals surface area contributed by atoms with Gasteiger partial charge in [-0.25, -0.2) is 0 Å². The highest BCUT2D eigenvalue weighted by Crippen LogP contribution is 2.22. The number of primary amides is 1. The van der Waals surface area contributed by atoms with Crippen molar-refractivity contribution in [2.45, 2.75) is 32.6 Å². The van der Waals surface area contributed by atoms with Crippen molar-refractivity contribution in [1.29, 1.82) is 0 Å². The van der Waals surface area contributed by atoms with Gasteiger partial charge in [-0.2, -0.15) is 0 Å². The van der Waals surface area contributed by atoms with Gasteiger partial charge in [-0.05, 0) is 5.92 Å². The molecule has 0 aliphatic heterocycles. The molecule has 0 atom stereocenters. The average molecular weight is 129 g/mol. The van der Waals surface area contributed by atoms with Crippen molar-refractivity contribution >= 4 is 6.41 Å². The highest BCUT2D eigenvalue weighted by atomic mass is 16.1. The molecule has 54 valence electrons. The molecule has 9 heavy (non-hydrogen) atoms. The molecular weight excluding hydrogens is 114 g/mol. The Bertz CT molecular complexity index is 67.3. The van der Waals surface area contributed by atoms with E-state index in [0.29, 0.717) is 0 Å². The second kappa shape index (κ2) is 5.60. The van der Waals surface area contributed by atoms with Gasteiger partial charge in [0.05, 0.1) is 0 Å². The molecule has 2 heteroatoms. The lowest BCUT2D eigenvalue weighted by atomic mass is 10.2. The Morgan fingerprint density at radius 3 is 1.89 bits per heavy atom. The van der Waals surface area contributed by atoms with E-state index in [1.807, 2.05) is 0 Å². The van der Waals surface area contributed by atoms with Gasteiger partial charge >= 0.3 is 0 Å². The van der Waals surface area contributed by atoms with Crippen LogP contribution in [-0.4, -0.2) is 6.41 Å². The van der Waals surface area contributed by atoms with Crippen LogP contribution in [0.1, 0.15) is 32.6 Å². The van der Waals surface area contributed by atoms with Crippen LogP contribution in [0.4, 0.5) is 0 Å². The van der Waals surface area contributed by atoms with E-state index < -0.39 is 0 Å². The monoisotopic (exact) mass is 129 g/mol. The second-order valence-electron chi connectivity index (χ2n) is 2.53. The number of hydrogen-bond donors (Lipinski definition) is 1.